The van der Waals surface area contributed by atoms with Crippen LogP contribution in [-0.4, -0.2) is 28.5 Å². The fourth-order valence-electron chi connectivity index (χ4n) is 3.34. The van der Waals surface area contributed by atoms with Crippen molar-refractivity contribution in [2.45, 2.75) is 38.6 Å². The molecule has 0 saturated heterocycles. The molecule has 1 aliphatic rings. The van der Waals surface area contributed by atoms with Crippen molar-refractivity contribution in [2.24, 2.45) is 5.92 Å². The molecule has 2 N–H and O–H groups in total. The van der Waals surface area contributed by atoms with Gasteiger partial charge in [0.1, 0.15) is 5.82 Å². The third-order valence-corrected chi connectivity index (χ3v) is 4.64. The van der Waals surface area contributed by atoms with E-state index in [1.54, 1.807) is 12.4 Å². The zero-order valence-corrected chi connectivity index (χ0v) is 14.3. The van der Waals surface area contributed by atoms with Crippen LogP contribution in [0, 0.1) is 11.7 Å². The second kappa shape index (κ2) is 8.05. The van der Waals surface area contributed by atoms with Gasteiger partial charge in [0.05, 0.1) is 5.56 Å². The second-order valence-electron chi connectivity index (χ2n) is 6.43. The number of hydrogen-bond acceptors (Lipinski definition) is 4. The lowest BCUT2D eigenvalue weighted by molar-refractivity contribution is 0.0927. The summed E-state index contributed by atoms with van der Waals surface area (Å²) in [6, 6.07) is 6.74. The number of amides is 1. The lowest BCUT2D eigenvalue weighted by Gasteiger charge is -2.21. The predicted molar refractivity (Wildman–Crippen MR) is 94.9 cm³/mol. The van der Waals surface area contributed by atoms with E-state index in [0.717, 1.165) is 37.8 Å². The van der Waals surface area contributed by atoms with Crippen LogP contribution in [0.25, 0.3) is 0 Å². The van der Waals surface area contributed by atoms with Crippen molar-refractivity contribution in [2.75, 3.05) is 11.9 Å². The summed E-state index contributed by atoms with van der Waals surface area (Å²) in [6.07, 6.45) is 7.06. The number of anilines is 1. The average molecular weight is 342 g/mol. The Morgan fingerprint density at radius 1 is 1.20 bits per heavy atom. The highest BCUT2D eigenvalue weighted by Crippen LogP contribution is 2.29. The van der Waals surface area contributed by atoms with Crippen molar-refractivity contribution >= 4 is 11.9 Å². The van der Waals surface area contributed by atoms with Crippen LogP contribution in [0.4, 0.5) is 10.3 Å². The Morgan fingerprint density at radius 3 is 2.60 bits per heavy atom. The summed E-state index contributed by atoms with van der Waals surface area (Å²) in [4.78, 5) is 20.7. The van der Waals surface area contributed by atoms with E-state index in [1.165, 1.54) is 12.1 Å². The van der Waals surface area contributed by atoms with Crippen LogP contribution in [-0.2, 0) is 6.42 Å². The summed E-state index contributed by atoms with van der Waals surface area (Å²) in [5.74, 6) is 0.533. The third-order valence-electron chi connectivity index (χ3n) is 4.64. The van der Waals surface area contributed by atoms with Crippen LogP contribution in [0.3, 0.4) is 0 Å². The molecule has 1 aromatic heterocycles. The van der Waals surface area contributed by atoms with E-state index < -0.39 is 0 Å². The molecule has 25 heavy (non-hydrogen) atoms. The van der Waals surface area contributed by atoms with E-state index in [2.05, 4.69) is 20.6 Å². The fourth-order valence-corrected chi connectivity index (χ4v) is 3.34. The van der Waals surface area contributed by atoms with Gasteiger partial charge in [-0.25, -0.2) is 14.4 Å². The molecule has 0 radical (unpaired) electrons. The number of aromatic nitrogens is 2. The quantitative estimate of drug-likeness (QED) is 0.846. The summed E-state index contributed by atoms with van der Waals surface area (Å²) in [5.41, 5.74) is 1.57. The molecule has 1 saturated carbocycles. The minimum atomic E-state index is -0.221. The van der Waals surface area contributed by atoms with E-state index in [9.17, 15) is 9.18 Å². The molecule has 6 heteroatoms. The first-order valence-corrected chi connectivity index (χ1v) is 8.77. The van der Waals surface area contributed by atoms with Crippen LogP contribution in [0.5, 0.6) is 0 Å². The van der Waals surface area contributed by atoms with Crippen LogP contribution < -0.4 is 10.6 Å². The maximum atomic E-state index is 13.0. The Morgan fingerprint density at radius 2 is 1.92 bits per heavy atom. The summed E-state index contributed by atoms with van der Waals surface area (Å²) >= 11 is 0. The van der Waals surface area contributed by atoms with Crippen molar-refractivity contribution in [3.8, 4) is 0 Å². The lowest BCUT2D eigenvalue weighted by Crippen LogP contribution is -2.38. The summed E-state index contributed by atoms with van der Waals surface area (Å²) < 4.78 is 13.0. The minimum absolute atomic E-state index is 0.131. The highest BCUT2D eigenvalue weighted by molar-refractivity contribution is 5.93. The van der Waals surface area contributed by atoms with Crippen molar-refractivity contribution in [1.29, 1.82) is 0 Å². The van der Waals surface area contributed by atoms with Gasteiger partial charge in [-0.3, -0.25) is 4.79 Å². The van der Waals surface area contributed by atoms with E-state index in [1.807, 2.05) is 19.1 Å². The van der Waals surface area contributed by atoms with Crippen molar-refractivity contribution in [3.05, 3.63) is 53.6 Å². The van der Waals surface area contributed by atoms with Crippen LogP contribution >= 0.6 is 0 Å². The fraction of sp³-hybridized carbons (Fsp3) is 0.421. The Kier molecular flexibility index (Phi) is 5.58. The third kappa shape index (κ3) is 4.53. The molecule has 132 valence electrons. The monoisotopic (exact) mass is 342 g/mol. The van der Waals surface area contributed by atoms with E-state index in [0.29, 0.717) is 17.4 Å². The number of carbonyl (C=O) groups is 1. The van der Waals surface area contributed by atoms with Gasteiger partial charge in [-0.2, -0.15) is 0 Å². The second-order valence-corrected chi connectivity index (χ2v) is 6.43. The van der Waals surface area contributed by atoms with Crippen LogP contribution in [0.1, 0.15) is 42.1 Å². The standard InChI is InChI=1S/C19H23FN4O/c1-2-21-19-22-11-15(12-23-19)18(25)24-17-5-3-4-14(17)10-13-6-8-16(20)9-7-13/h6-9,11-12,14,17H,2-5,10H2,1H3,(H,24,25)(H,21,22,23)/t14-,17-/m0/s1. The zero-order chi connectivity index (χ0) is 17.6. The number of nitrogens with one attached hydrogen (secondary N) is 2. The Labute approximate surface area is 147 Å². The molecular formula is C19H23FN4O. The molecule has 1 fully saturated rings. The van der Waals surface area contributed by atoms with Crippen LogP contribution in [0.2, 0.25) is 0 Å². The molecule has 1 aromatic carbocycles. The Hall–Kier alpha value is -2.50. The summed E-state index contributed by atoms with van der Waals surface area (Å²) in [5, 5.41) is 6.12. The Bertz CT molecular complexity index is 702. The van der Waals surface area contributed by atoms with Gasteiger partial charge in [-0.15, -0.1) is 0 Å². The maximum Gasteiger partial charge on any atom is 0.254 e. The molecule has 5 nitrogen and oxygen atoms in total. The smallest absolute Gasteiger partial charge is 0.254 e. The molecular weight excluding hydrogens is 319 g/mol. The number of rotatable bonds is 6. The largest absolute Gasteiger partial charge is 0.355 e. The van der Waals surface area contributed by atoms with Gasteiger partial charge in [0.15, 0.2) is 0 Å². The SMILES string of the molecule is CCNc1ncc(C(=O)N[C@H]2CCC[C@H]2Cc2ccc(F)cc2)cn1. The summed E-state index contributed by atoms with van der Waals surface area (Å²) in [7, 11) is 0. The molecule has 0 spiro atoms. The van der Waals surface area contributed by atoms with Crippen molar-refractivity contribution < 1.29 is 9.18 Å². The average Bonchev–Trinajstić information content (AvgIpc) is 3.04. The molecule has 1 aliphatic carbocycles. The number of carbonyl (C=O) groups excluding carboxylic acids is 1. The number of benzene rings is 1. The topological polar surface area (TPSA) is 66.9 Å². The Balaban J connectivity index is 1.60. The summed E-state index contributed by atoms with van der Waals surface area (Å²) in [6.45, 7) is 2.70. The molecule has 1 heterocycles. The van der Waals surface area contributed by atoms with Gasteiger partial charge >= 0.3 is 0 Å². The zero-order valence-electron chi connectivity index (χ0n) is 14.3. The molecule has 3 rings (SSSR count). The lowest BCUT2D eigenvalue weighted by atomic mass is 9.94. The van der Waals surface area contributed by atoms with E-state index >= 15 is 0 Å². The first kappa shape index (κ1) is 17.3. The van der Waals surface area contributed by atoms with Gasteiger partial charge in [0.2, 0.25) is 5.95 Å². The van der Waals surface area contributed by atoms with Crippen molar-refractivity contribution in [3.63, 3.8) is 0 Å². The molecule has 1 amide bonds. The maximum absolute atomic E-state index is 13.0. The molecule has 0 bridgehead atoms. The van der Waals surface area contributed by atoms with Gasteiger partial charge in [-0.1, -0.05) is 18.6 Å². The van der Waals surface area contributed by atoms with E-state index in [4.69, 9.17) is 0 Å². The van der Waals surface area contributed by atoms with Gasteiger partial charge in [0.25, 0.3) is 5.91 Å². The molecule has 0 unspecified atom stereocenters. The van der Waals surface area contributed by atoms with Crippen LogP contribution in [0.15, 0.2) is 36.7 Å². The first-order valence-electron chi connectivity index (χ1n) is 8.77. The normalized spacial score (nSPS) is 19.6. The van der Waals surface area contributed by atoms with E-state index in [-0.39, 0.29) is 17.8 Å². The number of nitrogens with zero attached hydrogens (tertiary/aromatic N) is 2. The molecule has 0 aliphatic heterocycles. The highest BCUT2D eigenvalue weighted by Gasteiger charge is 2.29. The van der Waals surface area contributed by atoms with Gasteiger partial charge < -0.3 is 10.6 Å². The van der Waals surface area contributed by atoms with Gasteiger partial charge in [0, 0.05) is 25.0 Å². The number of hydrogen-bond donors (Lipinski definition) is 2. The molecule has 2 aromatic rings. The van der Waals surface area contributed by atoms with Crippen molar-refractivity contribution in [1.82, 2.24) is 15.3 Å². The predicted octanol–water partition coefficient (Wildman–Crippen LogP) is 3.19. The first-order chi connectivity index (χ1) is 12.2. The highest BCUT2D eigenvalue weighted by atomic mass is 19.1. The number of halogens is 1. The minimum Gasteiger partial charge on any atom is -0.355 e. The van der Waals surface area contributed by atoms with Gasteiger partial charge in [-0.05, 0) is 49.8 Å². The molecule has 2 atom stereocenters.